The van der Waals surface area contributed by atoms with Gasteiger partial charge in [-0.1, -0.05) is 18.5 Å². The van der Waals surface area contributed by atoms with E-state index in [1.54, 1.807) is 0 Å². The fourth-order valence-electron chi connectivity index (χ4n) is 1.69. The molecule has 0 aliphatic heterocycles. The number of alkyl halides is 2. The summed E-state index contributed by atoms with van der Waals surface area (Å²) in [6.07, 6.45) is -0.712. The maximum absolute atomic E-state index is 12.0. The summed E-state index contributed by atoms with van der Waals surface area (Å²) in [7, 11) is 0. The van der Waals surface area contributed by atoms with Gasteiger partial charge in [0.1, 0.15) is 6.61 Å². The number of ether oxygens (including phenoxy) is 1. The molecule has 1 aromatic rings. The Labute approximate surface area is 122 Å². The first-order valence-corrected chi connectivity index (χ1v) is 7.59. The third-order valence-electron chi connectivity index (χ3n) is 2.66. The van der Waals surface area contributed by atoms with Gasteiger partial charge in [-0.15, -0.1) is 11.3 Å². The standard InChI is InChI=1S/C13H20ClF2NOS/c1-3-5-17-10(4-6-18-8-12(15)16)11-7-9(2)13(14)19-11/h7,10,12,17H,3-6,8H2,1-2H3. The van der Waals surface area contributed by atoms with Crippen molar-refractivity contribution < 1.29 is 13.5 Å². The molecule has 0 saturated heterocycles. The average Bonchev–Trinajstić information content (AvgIpc) is 2.68. The SMILES string of the molecule is CCCNC(CCOCC(F)F)c1cc(C)c(Cl)s1. The molecule has 1 N–H and O–H groups in total. The number of thiophene rings is 1. The molecule has 0 amide bonds. The monoisotopic (exact) mass is 311 g/mol. The van der Waals surface area contributed by atoms with Crippen LogP contribution in [0.3, 0.4) is 0 Å². The van der Waals surface area contributed by atoms with Crippen LogP contribution in [0.4, 0.5) is 8.78 Å². The van der Waals surface area contributed by atoms with Crippen LogP contribution in [0.15, 0.2) is 6.07 Å². The van der Waals surface area contributed by atoms with Gasteiger partial charge in [0, 0.05) is 17.5 Å². The Hall–Kier alpha value is -0.230. The van der Waals surface area contributed by atoms with E-state index in [1.807, 2.05) is 13.0 Å². The van der Waals surface area contributed by atoms with E-state index in [4.69, 9.17) is 16.3 Å². The van der Waals surface area contributed by atoms with Gasteiger partial charge in [-0.25, -0.2) is 8.78 Å². The molecular formula is C13H20ClF2NOS. The molecule has 1 atom stereocenters. The van der Waals surface area contributed by atoms with Crippen molar-refractivity contribution in [2.75, 3.05) is 19.8 Å². The highest BCUT2D eigenvalue weighted by atomic mass is 35.5. The molecule has 0 bridgehead atoms. The van der Waals surface area contributed by atoms with E-state index >= 15 is 0 Å². The first-order chi connectivity index (χ1) is 9.04. The third kappa shape index (κ3) is 6.17. The largest absolute Gasteiger partial charge is 0.375 e. The Morgan fingerprint density at radius 1 is 1.47 bits per heavy atom. The molecule has 110 valence electrons. The Bertz CT molecular complexity index is 354. The van der Waals surface area contributed by atoms with E-state index in [0.29, 0.717) is 13.0 Å². The summed E-state index contributed by atoms with van der Waals surface area (Å²) in [6, 6.07) is 2.17. The van der Waals surface area contributed by atoms with Gasteiger partial charge in [-0.2, -0.15) is 0 Å². The molecular weight excluding hydrogens is 292 g/mol. The molecule has 19 heavy (non-hydrogen) atoms. The lowest BCUT2D eigenvalue weighted by Crippen LogP contribution is -2.23. The minimum atomic E-state index is -2.40. The quantitative estimate of drug-likeness (QED) is 0.682. The summed E-state index contributed by atoms with van der Waals surface area (Å²) in [5, 5.41) is 3.40. The average molecular weight is 312 g/mol. The summed E-state index contributed by atoms with van der Waals surface area (Å²) in [6.45, 7) is 4.76. The Morgan fingerprint density at radius 2 is 2.21 bits per heavy atom. The molecule has 0 aliphatic carbocycles. The van der Waals surface area contributed by atoms with Gasteiger partial charge < -0.3 is 10.1 Å². The zero-order valence-corrected chi connectivity index (χ0v) is 12.8. The minimum absolute atomic E-state index is 0.119. The first kappa shape index (κ1) is 16.8. The molecule has 0 aliphatic rings. The van der Waals surface area contributed by atoms with Crippen LogP contribution in [0.5, 0.6) is 0 Å². The van der Waals surface area contributed by atoms with E-state index in [2.05, 4.69) is 12.2 Å². The van der Waals surface area contributed by atoms with Gasteiger partial charge in [0.25, 0.3) is 6.43 Å². The van der Waals surface area contributed by atoms with Crippen molar-refractivity contribution in [2.24, 2.45) is 0 Å². The van der Waals surface area contributed by atoms with Gasteiger partial charge in [-0.05, 0) is 37.9 Å². The molecule has 0 spiro atoms. The molecule has 1 unspecified atom stereocenters. The summed E-state index contributed by atoms with van der Waals surface area (Å²) in [5.41, 5.74) is 1.05. The van der Waals surface area contributed by atoms with Crippen molar-refractivity contribution in [1.82, 2.24) is 5.32 Å². The predicted molar refractivity (Wildman–Crippen MR) is 76.5 cm³/mol. The molecule has 1 rings (SSSR count). The molecule has 1 heterocycles. The van der Waals surface area contributed by atoms with Crippen molar-refractivity contribution in [3.63, 3.8) is 0 Å². The van der Waals surface area contributed by atoms with E-state index in [-0.39, 0.29) is 6.04 Å². The molecule has 6 heteroatoms. The zero-order valence-electron chi connectivity index (χ0n) is 11.2. The fraction of sp³-hybridized carbons (Fsp3) is 0.692. The fourth-order valence-corrected chi connectivity index (χ4v) is 3.02. The van der Waals surface area contributed by atoms with E-state index in [0.717, 1.165) is 27.7 Å². The van der Waals surface area contributed by atoms with Crippen molar-refractivity contribution >= 4 is 22.9 Å². The van der Waals surface area contributed by atoms with Gasteiger partial charge in [0.05, 0.1) is 4.34 Å². The summed E-state index contributed by atoms with van der Waals surface area (Å²) in [5.74, 6) is 0. The number of hydrogen-bond acceptors (Lipinski definition) is 3. The van der Waals surface area contributed by atoms with Crippen molar-refractivity contribution in [3.05, 3.63) is 20.8 Å². The smallest absolute Gasteiger partial charge is 0.261 e. The van der Waals surface area contributed by atoms with Crippen LogP contribution in [0.25, 0.3) is 0 Å². The second-order valence-corrected chi connectivity index (χ2v) is 6.05. The predicted octanol–water partition coefficient (Wildman–Crippen LogP) is 4.42. The van der Waals surface area contributed by atoms with E-state index in [9.17, 15) is 8.78 Å². The van der Waals surface area contributed by atoms with Crippen LogP contribution < -0.4 is 5.32 Å². The zero-order chi connectivity index (χ0) is 14.3. The molecule has 2 nitrogen and oxygen atoms in total. The topological polar surface area (TPSA) is 21.3 Å². The van der Waals surface area contributed by atoms with Crippen LogP contribution in [-0.2, 0) is 4.74 Å². The van der Waals surface area contributed by atoms with Crippen molar-refractivity contribution in [3.8, 4) is 0 Å². The van der Waals surface area contributed by atoms with Gasteiger partial charge in [-0.3, -0.25) is 0 Å². The van der Waals surface area contributed by atoms with Crippen LogP contribution in [0.2, 0.25) is 4.34 Å². The highest BCUT2D eigenvalue weighted by molar-refractivity contribution is 7.16. The number of nitrogens with one attached hydrogen (secondary N) is 1. The lowest BCUT2D eigenvalue weighted by molar-refractivity contribution is 0.0144. The molecule has 0 radical (unpaired) electrons. The number of aryl methyl sites for hydroxylation is 1. The van der Waals surface area contributed by atoms with Crippen LogP contribution >= 0.6 is 22.9 Å². The summed E-state index contributed by atoms with van der Waals surface area (Å²) < 4.78 is 29.7. The first-order valence-electron chi connectivity index (χ1n) is 6.39. The maximum atomic E-state index is 12.0. The van der Waals surface area contributed by atoms with Crippen LogP contribution in [-0.4, -0.2) is 26.2 Å². The second-order valence-electron chi connectivity index (χ2n) is 4.37. The lowest BCUT2D eigenvalue weighted by atomic mass is 10.1. The lowest BCUT2D eigenvalue weighted by Gasteiger charge is -2.17. The molecule has 0 saturated carbocycles. The van der Waals surface area contributed by atoms with Crippen LogP contribution in [0.1, 0.15) is 36.2 Å². The highest BCUT2D eigenvalue weighted by Gasteiger charge is 2.15. The highest BCUT2D eigenvalue weighted by Crippen LogP contribution is 2.32. The Morgan fingerprint density at radius 3 is 2.74 bits per heavy atom. The third-order valence-corrected chi connectivity index (χ3v) is 4.32. The number of halogens is 3. The Balaban J connectivity index is 2.51. The minimum Gasteiger partial charge on any atom is -0.375 e. The van der Waals surface area contributed by atoms with Crippen LogP contribution in [0, 0.1) is 6.92 Å². The van der Waals surface area contributed by atoms with E-state index < -0.39 is 13.0 Å². The normalized spacial score (nSPS) is 13.2. The number of rotatable bonds is 9. The van der Waals surface area contributed by atoms with Crippen molar-refractivity contribution in [2.45, 2.75) is 39.2 Å². The summed E-state index contributed by atoms with van der Waals surface area (Å²) >= 11 is 7.61. The van der Waals surface area contributed by atoms with E-state index in [1.165, 1.54) is 11.3 Å². The van der Waals surface area contributed by atoms with Gasteiger partial charge >= 0.3 is 0 Å². The molecule has 0 fully saturated rings. The second kappa shape index (κ2) is 8.84. The summed E-state index contributed by atoms with van der Waals surface area (Å²) in [4.78, 5) is 1.14. The molecule has 1 aromatic heterocycles. The molecule has 0 aromatic carbocycles. The number of hydrogen-bond donors (Lipinski definition) is 1. The van der Waals surface area contributed by atoms with Gasteiger partial charge in [0.15, 0.2) is 0 Å². The maximum Gasteiger partial charge on any atom is 0.261 e. The van der Waals surface area contributed by atoms with Crippen molar-refractivity contribution in [1.29, 1.82) is 0 Å². The Kier molecular flexibility index (Phi) is 7.83. The van der Waals surface area contributed by atoms with Gasteiger partial charge in [0.2, 0.25) is 0 Å².